The number of pyridine rings is 1. The Morgan fingerprint density at radius 2 is 2.00 bits per heavy atom. The van der Waals surface area contributed by atoms with Gasteiger partial charge in [0, 0.05) is 12.2 Å². The van der Waals surface area contributed by atoms with Gasteiger partial charge in [-0.15, -0.1) is 0 Å². The van der Waals surface area contributed by atoms with E-state index in [1.54, 1.807) is 6.07 Å². The van der Waals surface area contributed by atoms with Gasteiger partial charge in [0.15, 0.2) is 0 Å². The minimum Gasteiger partial charge on any atom is -0.310 e. The van der Waals surface area contributed by atoms with Crippen molar-refractivity contribution < 1.29 is 4.39 Å². The Balaban J connectivity index is 1.74. The van der Waals surface area contributed by atoms with E-state index >= 15 is 0 Å². The molecule has 1 aromatic heterocycles. The second-order valence-corrected chi connectivity index (χ2v) is 6.85. The number of aromatic nitrogens is 1. The molecule has 2 aliphatic carbocycles. The van der Waals surface area contributed by atoms with Gasteiger partial charge in [0.05, 0.1) is 6.20 Å². The summed E-state index contributed by atoms with van der Waals surface area (Å²) in [4.78, 5) is 4.05. The van der Waals surface area contributed by atoms with Gasteiger partial charge in [-0.3, -0.25) is 4.98 Å². The van der Waals surface area contributed by atoms with E-state index in [0.717, 1.165) is 23.9 Å². The van der Waals surface area contributed by atoms with Crippen molar-refractivity contribution in [3.05, 3.63) is 29.8 Å². The van der Waals surface area contributed by atoms with Crippen LogP contribution in [0, 0.1) is 23.6 Å². The summed E-state index contributed by atoms with van der Waals surface area (Å²) in [5.41, 5.74) is 1.02. The molecule has 2 aliphatic rings. The standard InChI is InChI=1S/C18H27FN2/c1-2-21-18(16-10-17(19)12-20-11-16)15-8-7-13-5-3-4-6-14(13)9-15/h10-15,18,21H,2-9H2,1H3. The van der Waals surface area contributed by atoms with Crippen molar-refractivity contribution in [1.29, 1.82) is 0 Å². The zero-order chi connectivity index (χ0) is 14.7. The SMILES string of the molecule is CCNC(c1cncc(F)c1)C1CCC2CCCCC2C1. The van der Waals surface area contributed by atoms with Gasteiger partial charge in [-0.05, 0) is 55.2 Å². The molecular formula is C18H27FN2. The first kappa shape index (κ1) is 15.0. The predicted molar refractivity (Wildman–Crippen MR) is 83.4 cm³/mol. The Labute approximate surface area is 127 Å². The van der Waals surface area contributed by atoms with E-state index in [-0.39, 0.29) is 11.9 Å². The molecule has 116 valence electrons. The van der Waals surface area contributed by atoms with Crippen molar-refractivity contribution in [1.82, 2.24) is 10.3 Å². The number of nitrogens with one attached hydrogen (secondary N) is 1. The minimum atomic E-state index is -0.221. The molecule has 1 heterocycles. The van der Waals surface area contributed by atoms with Crippen molar-refractivity contribution in [3.63, 3.8) is 0 Å². The number of hydrogen-bond acceptors (Lipinski definition) is 2. The third-order valence-corrected chi connectivity index (χ3v) is 5.56. The first-order valence-corrected chi connectivity index (χ1v) is 8.61. The fourth-order valence-electron chi connectivity index (χ4n) is 4.59. The van der Waals surface area contributed by atoms with Crippen LogP contribution in [-0.4, -0.2) is 11.5 Å². The summed E-state index contributed by atoms with van der Waals surface area (Å²) in [5, 5.41) is 3.58. The van der Waals surface area contributed by atoms with Crippen LogP contribution in [0.1, 0.15) is 63.5 Å². The highest BCUT2D eigenvalue weighted by atomic mass is 19.1. The van der Waals surface area contributed by atoms with Crippen molar-refractivity contribution in [3.8, 4) is 0 Å². The summed E-state index contributed by atoms with van der Waals surface area (Å²) in [6.45, 7) is 3.05. The summed E-state index contributed by atoms with van der Waals surface area (Å²) in [6, 6.07) is 1.92. The lowest BCUT2D eigenvalue weighted by Gasteiger charge is -2.42. The maximum atomic E-state index is 13.5. The van der Waals surface area contributed by atoms with E-state index in [0.29, 0.717) is 5.92 Å². The van der Waals surface area contributed by atoms with Crippen LogP contribution in [-0.2, 0) is 0 Å². The summed E-state index contributed by atoms with van der Waals surface area (Å²) < 4.78 is 13.5. The molecule has 0 bridgehead atoms. The molecule has 2 fully saturated rings. The van der Waals surface area contributed by atoms with Crippen LogP contribution in [0.15, 0.2) is 18.5 Å². The fourth-order valence-corrected chi connectivity index (χ4v) is 4.59. The molecule has 3 heteroatoms. The Bertz CT molecular complexity index is 462. The molecule has 0 aliphatic heterocycles. The maximum Gasteiger partial charge on any atom is 0.141 e. The van der Waals surface area contributed by atoms with Crippen molar-refractivity contribution in [2.75, 3.05) is 6.54 Å². The number of nitrogens with zero attached hydrogens (tertiary/aromatic N) is 1. The highest BCUT2D eigenvalue weighted by Gasteiger charge is 2.35. The first-order valence-electron chi connectivity index (χ1n) is 8.61. The highest BCUT2D eigenvalue weighted by molar-refractivity contribution is 5.16. The van der Waals surface area contributed by atoms with E-state index < -0.39 is 0 Å². The van der Waals surface area contributed by atoms with Gasteiger partial charge in [-0.2, -0.15) is 0 Å². The van der Waals surface area contributed by atoms with E-state index in [9.17, 15) is 4.39 Å². The molecule has 0 aromatic carbocycles. The van der Waals surface area contributed by atoms with Crippen LogP contribution in [0.5, 0.6) is 0 Å². The van der Waals surface area contributed by atoms with Crippen LogP contribution >= 0.6 is 0 Å². The largest absolute Gasteiger partial charge is 0.310 e. The second kappa shape index (κ2) is 6.87. The first-order chi connectivity index (χ1) is 10.3. The Kier molecular flexibility index (Phi) is 4.89. The lowest BCUT2D eigenvalue weighted by atomic mass is 9.65. The molecule has 3 rings (SSSR count). The van der Waals surface area contributed by atoms with Gasteiger partial charge in [0.2, 0.25) is 0 Å². The van der Waals surface area contributed by atoms with E-state index in [1.807, 2.05) is 6.20 Å². The van der Waals surface area contributed by atoms with Crippen molar-refractivity contribution >= 4 is 0 Å². The normalized spacial score (nSPS) is 30.7. The average molecular weight is 290 g/mol. The number of rotatable bonds is 4. The van der Waals surface area contributed by atoms with E-state index in [2.05, 4.69) is 17.2 Å². The third-order valence-electron chi connectivity index (χ3n) is 5.56. The molecule has 4 unspecified atom stereocenters. The Hall–Kier alpha value is -0.960. The molecule has 1 N–H and O–H groups in total. The molecule has 4 atom stereocenters. The Morgan fingerprint density at radius 3 is 2.76 bits per heavy atom. The maximum absolute atomic E-state index is 13.5. The second-order valence-electron chi connectivity index (χ2n) is 6.85. The van der Waals surface area contributed by atoms with Gasteiger partial charge in [0.1, 0.15) is 5.82 Å². The lowest BCUT2D eigenvalue weighted by molar-refractivity contribution is 0.109. The zero-order valence-electron chi connectivity index (χ0n) is 13.0. The smallest absolute Gasteiger partial charge is 0.141 e. The molecule has 0 amide bonds. The summed E-state index contributed by atoms with van der Waals surface area (Å²) in [6.07, 6.45) is 12.7. The van der Waals surface area contributed by atoms with E-state index in [4.69, 9.17) is 0 Å². The van der Waals surface area contributed by atoms with Crippen LogP contribution in [0.3, 0.4) is 0 Å². The van der Waals surface area contributed by atoms with Gasteiger partial charge in [-0.25, -0.2) is 4.39 Å². The van der Waals surface area contributed by atoms with Crippen LogP contribution in [0.25, 0.3) is 0 Å². The topological polar surface area (TPSA) is 24.9 Å². The van der Waals surface area contributed by atoms with Crippen LogP contribution in [0.4, 0.5) is 4.39 Å². The fraction of sp³-hybridized carbons (Fsp3) is 0.722. The van der Waals surface area contributed by atoms with Crippen LogP contribution < -0.4 is 5.32 Å². The van der Waals surface area contributed by atoms with Crippen molar-refractivity contribution in [2.24, 2.45) is 17.8 Å². The average Bonchev–Trinajstić information content (AvgIpc) is 2.52. The van der Waals surface area contributed by atoms with E-state index in [1.165, 1.54) is 51.1 Å². The quantitative estimate of drug-likeness (QED) is 0.884. The van der Waals surface area contributed by atoms with Gasteiger partial charge in [-0.1, -0.05) is 32.6 Å². The molecule has 2 nitrogen and oxygen atoms in total. The highest BCUT2D eigenvalue weighted by Crippen LogP contribution is 2.46. The number of halogens is 1. The lowest BCUT2D eigenvalue weighted by Crippen LogP contribution is -2.35. The predicted octanol–water partition coefficient (Wildman–Crippen LogP) is 4.48. The summed E-state index contributed by atoms with van der Waals surface area (Å²) in [7, 11) is 0. The van der Waals surface area contributed by atoms with Gasteiger partial charge < -0.3 is 5.32 Å². The third kappa shape index (κ3) is 3.45. The molecule has 0 radical (unpaired) electrons. The molecule has 1 aromatic rings. The van der Waals surface area contributed by atoms with Gasteiger partial charge >= 0.3 is 0 Å². The molecule has 0 spiro atoms. The monoisotopic (exact) mass is 290 g/mol. The molecule has 21 heavy (non-hydrogen) atoms. The summed E-state index contributed by atoms with van der Waals surface area (Å²) in [5.74, 6) is 2.28. The van der Waals surface area contributed by atoms with Crippen molar-refractivity contribution in [2.45, 2.75) is 57.9 Å². The molecule has 0 saturated heterocycles. The number of hydrogen-bond donors (Lipinski definition) is 1. The molecule has 2 saturated carbocycles. The minimum absolute atomic E-state index is 0.221. The van der Waals surface area contributed by atoms with Gasteiger partial charge in [0.25, 0.3) is 0 Å². The number of fused-ring (bicyclic) bond motifs is 1. The Morgan fingerprint density at radius 1 is 1.19 bits per heavy atom. The molecular weight excluding hydrogens is 263 g/mol. The van der Waals surface area contributed by atoms with Crippen LogP contribution in [0.2, 0.25) is 0 Å². The zero-order valence-corrected chi connectivity index (χ0v) is 13.0. The summed E-state index contributed by atoms with van der Waals surface area (Å²) >= 11 is 0.